The van der Waals surface area contributed by atoms with Gasteiger partial charge >= 0.3 is 0 Å². The van der Waals surface area contributed by atoms with Crippen molar-refractivity contribution in [2.75, 3.05) is 0 Å². The minimum Gasteiger partial charge on any atom is -0.486 e. The molecule has 0 aliphatic carbocycles. The van der Waals surface area contributed by atoms with Gasteiger partial charge in [0.05, 0.1) is 36.7 Å². The topological polar surface area (TPSA) is 69.6 Å². The van der Waals surface area contributed by atoms with Crippen LogP contribution in [0.5, 0.6) is 0 Å². The molecule has 8 heteroatoms. The second kappa shape index (κ2) is 16.1. The Morgan fingerprint density at radius 3 is 2.26 bits per heavy atom. The van der Waals surface area contributed by atoms with Crippen LogP contribution in [-0.4, -0.2) is 32.6 Å². The molecule has 1 radical (unpaired) electrons. The van der Waals surface area contributed by atoms with Crippen LogP contribution in [-0.2, 0) is 26.5 Å². The molecule has 8 aromatic rings. The third-order valence-electron chi connectivity index (χ3n) is 9.79. The molecular weight excluding hydrogens is 847 g/mol. The first-order chi connectivity index (χ1) is 25.2. The predicted molar refractivity (Wildman–Crippen MR) is 217 cm³/mol. The first kappa shape index (κ1) is 38.0. The molecule has 6 nitrogen and oxygen atoms in total. The third-order valence-corrected chi connectivity index (χ3v) is 11.9. The number of hydrogen-bond acceptors (Lipinski definition) is 5. The van der Waals surface area contributed by atoms with E-state index in [1.165, 1.54) is 10.8 Å². The van der Waals surface area contributed by atoms with Gasteiger partial charge in [-0.1, -0.05) is 75.6 Å². The number of furan rings is 1. The normalized spacial score (nSPS) is 11.5. The molecule has 0 saturated carbocycles. The van der Waals surface area contributed by atoms with Gasteiger partial charge in [0.15, 0.2) is 0 Å². The fraction of sp³-hybridized carbons (Fsp3) is 0.244. The van der Waals surface area contributed by atoms with Crippen LogP contribution in [0.1, 0.15) is 56.5 Å². The largest absolute Gasteiger partial charge is 0.486 e. The average Bonchev–Trinajstić information content (AvgIpc) is 3.73. The summed E-state index contributed by atoms with van der Waals surface area (Å²) in [6.07, 6.45) is 7.18. The van der Waals surface area contributed by atoms with Gasteiger partial charge in [0.1, 0.15) is 0 Å². The summed E-state index contributed by atoms with van der Waals surface area (Å²) in [4.78, 5) is 19.0. The van der Waals surface area contributed by atoms with Gasteiger partial charge in [-0.2, -0.15) is 0 Å². The fourth-order valence-electron chi connectivity index (χ4n) is 6.94. The summed E-state index contributed by atoms with van der Waals surface area (Å²) in [5, 5.41) is 3.51. The summed E-state index contributed by atoms with van der Waals surface area (Å²) < 4.78 is 8.28. The molecule has 5 heterocycles. The maximum atomic E-state index is 6.13. The molecule has 0 amide bonds. The Morgan fingerprint density at radius 1 is 0.792 bits per heavy atom. The molecule has 5 aromatic heterocycles. The number of aryl methyl sites for hydroxylation is 2. The number of benzene rings is 3. The maximum Gasteiger partial charge on any atom is 0.216 e. The summed E-state index contributed by atoms with van der Waals surface area (Å²) in [6, 6.07) is 37.5. The van der Waals surface area contributed by atoms with E-state index in [1.807, 2.05) is 61.7 Å². The summed E-state index contributed by atoms with van der Waals surface area (Å²) in [5.74, 6) is 1.27. The molecule has 53 heavy (non-hydrogen) atoms. The number of rotatable bonds is 8. The van der Waals surface area contributed by atoms with Gasteiger partial charge in [-0.25, -0.2) is 4.98 Å². The van der Waals surface area contributed by atoms with Gasteiger partial charge in [0, 0.05) is 54.7 Å². The minimum atomic E-state index is -1.30. The van der Waals surface area contributed by atoms with Crippen molar-refractivity contribution in [2.24, 2.45) is 0 Å². The molecule has 0 aliphatic rings. The first-order valence-electron chi connectivity index (χ1n) is 18.3. The van der Waals surface area contributed by atoms with Crippen LogP contribution in [0.25, 0.3) is 61.4 Å². The van der Waals surface area contributed by atoms with Crippen LogP contribution in [0.4, 0.5) is 0 Å². The van der Waals surface area contributed by atoms with Crippen LogP contribution < -0.4 is 5.19 Å². The second-order valence-electron chi connectivity index (χ2n) is 14.4. The summed E-state index contributed by atoms with van der Waals surface area (Å²) >= 11 is 0. The monoisotopic (exact) mass is 892 g/mol. The molecule has 0 aliphatic heterocycles. The molecule has 0 N–H and O–H groups in total. The molecule has 0 fully saturated rings. The van der Waals surface area contributed by atoms with E-state index < -0.39 is 8.07 Å². The zero-order valence-corrected chi connectivity index (χ0v) is 34.9. The molecule has 271 valence electrons. The van der Waals surface area contributed by atoms with Crippen molar-refractivity contribution in [3.63, 3.8) is 0 Å². The van der Waals surface area contributed by atoms with Gasteiger partial charge in [-0.15, -0.1) is 59.7 Å². The molecular formula is C45H45IrN5OSi-2. The van der Waals surface area contributed by atoms with Crippen LogP contribution in [0.3, 0.4) is 0 Å². The summed E-state index contributed by atoms with van der Waals surface area (Å²) in [7, 11) is -1.30. The Balaban J connectivity index is 0.000000215. The van der Waals surface area contributed by atoms with E-state index in [4.69, 9.17) is 14.4 Å². The van der Waals surface area contributed by atoms with E-state index >= 15 is 0 Å². The quantitative estimate of drug-likeness (QED) is 0.112. The second-order valence-corrected chi connectivity index (χ2v) is 19.4. The van der Waals surface area contributed by atoms with E-state index in [1.54, 1.807) is 0 Å². The number of pyridine rings is 3. The van der Waals surface area contributed by atoms with Crippen LogP contribution in [0, 0.1) is 19.1 Å². The number of hydrogen-bond donors (Lipinski definition) is 0. The van der Waals surface area contributed by atoms with Crippen LogP contribution in [0.15, 0.2) is 108 Å². The zero-order chi connectivity index (χ0) is 36.4. The van der Waals surface area contributed by atoms with Crippen molar-refractivity contribution in [2.45, 2.75) is 72.5 Å². The molecule has 0 atom stereocenters. The summed E-state index contributed by atoms with van der Waals surface area (Å²) in [5.41, 5.74) is 10.9. The standard InChI is InChI=1S/C29H25N4O.C16H20NSi.Ir/c1-4-19(5-2)24-13-12-22-23-16-20(11-14-27(23)34-29(22)32-24)28-31-25-15-18(3)30-17-26(25)33(28)21-9-7-6-8-10-21;1-5-13-11-15(14-9-7-6-8-10-14)17-12-16(13)18(2,3)4;/h6-10,12-17,19H,4-5H2,1-3H3;6-9,11-12H,5H2,1-4H3;/q2*-1;. The average molecular weight is 892 g/mol. The number of para-hydroxylation sites is 1. The van der Waals surface area contributed by atoms with E-state index in [0.29, 0.717) is 11.6 Å². The van der Waals surface area contributed by atoms with Crippen molar-refractivity contribution in [1.82, 2.24) is 24.5 Å². The smallest absolute Gasteiger partial charge is 0.216 e. The van der Waals surface area contributed by atoms with Gasteiger partial charge in [-0.05, 0) is 67.4 Å². The SMILES string of the molecule is CCC(CC)c1ccc2c(n1)oc1c[c-]c(-c3nc4cc(C)ncc4n3-c3ccccc3)cc12.CCc1cc(-c2[c-]cccc2)ncc1[Si](C)(C)C.[Ir]. The molecule has 0 bridgehead atoms. The van der Waals surface area contributed by atoms with Crippen molar-refractivity contribution in [3.05, 3.63) is 132 Å². The Hall–Kier alpha value is -4.75. The van der Waals surface area contributed by atoms with Gasteiger partial charge in [0.2, 0.25) is 5.71 Å². The Bertz CT molecular complexity index is 2480. The zero-order valence-electron chi connectivity index (χ0n) is 31.5. The molecule has 0 saturated heterocycles. The number of aromatic nitrogens is 5. The van der Waals surface area contributed by atoms with E-state index in [2.05, 4.69) is 116 Å². The number of nitrogens with zero attached hydrogens (tertiary/aromatic N) is 5. The van der Waals surface area contributed by atoms with E-state index in [9.17, 15) is 0 Å². The van der Waals surface area contributed by atoms with Crippen molar-refractivity contribution < 1.29 is 24.5 Å². The Kier molecular flexibility index (Phi) is 11.5. The number of fused-ring (bicyclic) bond motifs is 4. The first-order valence-corrected chi connectivity index (χ1v) is 21.8. The van der Waals surface area contributed by atoms with Gasteiger partial charge in [0.25, 0.3) is 0 Å². The number of imidazole rings is 1. The Morgan fingerprint density at radius 2 is 1.57 bits per heavy atom. The van der Waals surface area contributed by atoms with Gasteiger partial charge < -0.3 is 14.0 Å². The van der Waals surface area contributed by atoms with E-state index in [-0.39, 0.29) is 20.1 Å². The van der Waals surface area contributed by atoms with Crippen molar-refractivity contribution in [3.8, 4) is 28.3 Å². The van der Waals surface area contributed by atoms with Crippen LogP contribution in [0.2, 0.25) is 19.6 Å². The minimum absolute atomic E-state index is 0. The molecule has 3 aromatic carbocycles. The van der Waals surface area contributed by atoms with Crippen LogP contribution >= 0.6 is 0 Å². The van der Waals surface area contributed by atoms with Gasteiger partial charge in [-0.3, -0.25) is 9.97 Å². The molecule has 8 rings (SSSR count). The van der Waals surface area contributed by atoms with E-state index in [0.717, 1.165) is 86.4 Å². The predicted octanol–water partition coefficient (Wildman–Crippen LogP) is 11.0. The fourth-order valence-corrected chi connectivity index (χ4v) is 8.60. The Labute approximate surface area is 327 Å². The van der Waals surface area contributed by atoms with Crippen molar-refractivity contribution >= 4 is 46.4 Å². The third kappa shape index (κ3) is 7.82. The van der Waals surface area contributed by atoms with Crippen molar-refractivity contribution in [1.29, 1.82) is 0 Å². The summed E-state index contributed by atoms with van der Waals surface area (Å²) in [6.45, 7) is 15.7. The maximum absolute atomic E-state index is 6.13. The molecule has 0 unspecified atom stereocenters. The molecule has 0 spiro atoms.